The lowest BCUT2D eigenvalue weighted by atomic mass is 9.91. The van der Waals surface area contributed by atoms with Crippen LogP contribution in [0, 0.1) is 0 Å². The molecular weight excluding hydrogens is 637 g/mol. The first-order chi connectivity index (χ1) is 23.3. The van der Waals surface area contributed by atoms with E-state index in [1.807, 2.05) is 26.2 Å². The number of piperazine rings is 1. The van der Waals surface area contributed by atoms with Crippen molar-refractivity contribution >= 4 is 38.1 Å². The molecule has 1 aromatic heterocycles. The second kappa shape index (κ2) is 20.1. The number of sulfonamides is 1. The van der Waals surface area contributed by atoms with Gasteiger partial charge in [-0.2, -0.15) is 8.68 Å². The molecule has 2 N–H and O–H groups in total. The molecule has 0 spiro atoms. The van der Waals surface area contributed by atoms with Gasteiger partial charge in [0, 0.05) is 69.1 Å². The van der Waals surface area contributed by atoms with Crippen molar-refractivity contribution in [3.8, 4) is 0 Å². The molecule has 2 heterocycles. The van der Waals surface area contributed by atoms with Gasteiger partial charge in [0.05, 0.1) is 5.75 Å². The Morgan fingerprint density at radius 1 is 0.771 bits per heavy atom. The Bertz CT molecular complexity index is 1420. The van der Waals surface area contributed by atoms with Gasteiger partial charge >= 0.3 is 0 Å². The molecule has 4 rings (SSSR count). The highest BCUT2D eigenvalue weighted by Gasteiger charge is 2.29. The molecule has 1 saturated heterocycles. The van der Waals surface area contributed by atoms with Crippen LogP contribution in [0.2, 0.25) is 0 Å². The second-order valence-corrected chi connectivity index (χ2v) is 16.5. The third kappa shape index (κ3) is 12.3. The minimum absolute atomic E-state index is 0.00687. The lowest BCUT2D eigenvalue weighted by Crippen LogP contribution is -2.49. The van der Waals surface area contributed by atoms with Crippen molar-refractivity contribution in [1.82, 2.24) is 13.7 Å². The summed E-state index contributed by atoms with van der Waals surface area (Å²) in [5.41, 5.74) is 10.2. The number of benzene rings is 2. The quantitative estimate of drug-likeness (QED) is 0.0832. The van der Waals surface area contributed by atoms with Crippen LogP contribution in [0.4, 0.5) is 16.5 Å². The average molecular weight is 697 g/mol. The number of anilines is 3. The monoisotopic (exact) mass is 696 g/mol. The van der Waals surface area contributed by atoms with Gasteiger partial charge in [0.15, 0.2) is 5.82 Å². The van der Waals surface area contributed by atoms with E-state index < -0.39 is 10.0 Å². The average Bonchev–Trinajstić information content (AvgIpc) is 3.58. The number of nitrogens with two attached hydrogens (primary N) is 1. The molecule has 8 nitrogen and oxygen atoms in total. The first kappa shape index (κ1) is 38.1. The minimum atomic E-state index is -3.24. The number of aromatic nitrogens is 2. The van der Waals surface area contributed by atoms with E-state index in [1.165, 1.54) is 87.7 Å². The van der Waals surface area contributed by atoms with Crippen LogP contribution in [0.5, 0.6) is 0 Å². The van der Waals surface area contributed by atoms with E-state index in [9.17, 15) is 8.42 Å². The van der Waals surface area contributed by atoms with Crippen LogP contribution in [0.15, 0.2) is 48.5 Å². The maximum Gasteiger partial charge on any atom is 0.214 e. The van der Waals surface area contributed by atoms with Crippen LogP contribution in [0.3, 0.4) is 0 Å². The molecule has 48 heavy (non-hydrogen) atoms. The lowest BCUT2D eigenvalue weighted by molar-refractivity contribution is 0.383. The van der Waals surface area contributed by atoms with Gasteiger partial charge in [-0.05, 0) is 48.2 Å². The van der Waals surface area contributed by atoms with E-state index in [1.54, 1.807) is 4.31 Å². The smallest absolute Gasteiger partial charge is 0.214 e. The highest BCUT2D eigenvalue weighted by Crippen LogP contribution is 2.31. The number of nitrogen functional groups attached to an aromatic ring is 1. The minimum Gasteiger partial charge on any atom is -0.399 e. The summed E-state index contributed by atoms with van der Waals surface area (Å²) in [6.45, 7) is 4.52. The Morgan fingerprint density at radius 2 is 1.31 bits per heavy atom. The van der Waals surface area contributed by atoms with Crippen LogP contribution in [-0.2, 0) is 16.4 Å². The molecule has 0 amide bonds. The molecule has 1 fully saturated rings. The Morgan fingerprint density at radius 3 is 1.85 bits per heavy atom. The molecular formula is C38H60N6O2S2. The van der Waals surface area contributed by atoms with Crippen molar-refractivity contribution in [2.45, 2.75) is 109 Å². The highest BCUT2D eigenvalue weighted by molar-refractivity contribution is 7.89. The molecule has 1 aliphatic heterocycles. The van der Waals surface area contributed by atoms with Gasteiger partial charge in [0.1, 0.15) is 0 Å². The SMILES string of the molecule is CCCCCCCCCCCCCCCCS(=O)(=O)N1CCN(c2nc(C(Cc3ccc(N(C)C)cc3)c3ccc(N)cc3)ns2)CC1. The van der Waals surface area contributed by atoms with Gasteiger partial charge in [-0.25, -0.2) is 13.4 Å². The van der Waals surface area contributed by atoms with E-state index in [0.29, 0.717) is 26.2 Å². The van der Waals surface area contributed by atoms with Crippen LogP contribution in [0.1, 0.15) is 120 Å². The third-order valence-electron chi connectivity index (χ3n) is 9.63. The zero-order chi connectivity index (χ0) is 34.2. The maximum atomic E-state index is 13.1. The molecule has 1 unspecified atom stereocenters. The fourth-order valence-corrected chi connectivity index (χ4v) is 8.84. The second-order valence-electron chi connectivity index (χ2n) is 13.7. The van der Waals surface area contributed by atoms with Gasteiger partial charge in [-0.3, -0.25) is 0 Å². The number of rotatable bonds is 22. The highest BCUT2D eigenvalue weighted by atomic mass is 32.2. The van der Waals surface area contributed by atoms with Gasteiger partial charge in [0.25, 0.3) is 0 Å². The Hall–Kier alpha value is -2.69. The van der Waals surface area contributed by atoms with Crippen molar-refractivity contribution in [3.63, 3.8) is 0 Å². The molecule has 0 saturated carbocycles. The van der Waals surface area contributed by atoms with Crippen molar-refractivity contribution in [2.75, 3.05) is 61.6 Å². The summed E-state index contributed by atoms with van der Waals surface area (Å²) < 4.78 is 32.8. The summed E-state index contributed by atoms with van der Waals surface area (Å²) in [6.07, 6.45) is 18.5. The fourth-order valence-electron chi connectivity index (χ4n) is 6.51. The van der Waals surface area contributed by atoms with Crippen LogP contribution >= 0.6 is 11.5 Å². The maximum absolute atomic E-state index is 13.1. The summed E-state index contributed by atoms with van der Waals surface area (Å²) in [5.74, 6) is 1.05. The molecule has 266 valence electrons. The molecule has 1 atom stereocenters. The van der Waals surface area contributed by atoms with Crippen LogP contribution in [-0.4, -0.2) is 68.1 Å². The largest absolute Gasteiger partial charge is 0.399 e. The molecule has 0 bridgehead atoms. The Labute approximate surface area is 295 Å². The predicted octanol–water partition coefficient (Wildman–Crippen LogP) is 8.49. The summed E-state index contributed by atoms with van der Waals surface area (Å²) >= 11 is 1.41. The fraction of sp³-hybridized carbons (Fsp3) is 0.632. The van der Waals surface area contributed by atoms with Gasteiger partial charge in [-0.1, -0.05) is 115 Å². The van der Waals surface area contributed by atoms with Crippen LogP contribution in [0.25, 0.3) is 0 Å². The normalized spacial score (nSPS) is 14.8. The Balaban J connectivity index is 1.19. The summed E-state index contributed by atoms with van der Waals surface area (Å²) in [6, 6.07) is 16.6. The summed E-state index contributed by atoms with van der Waals surface area (Å²) in [4.78, 5) is 9.29. The van der Waals surface area contributed by atoms with E-state index in [0.717, 1.165) is 53.6 Å². The first-order valence-corrected chi connectivity index (χ1v) is 20.8. The van der Waals surface area contributed by atoms with E-state index >= 15 is 0 Å². The number of unbranched alkanes of at least 4 members (excludes halogenated alkanes) is 13. The molecule has 10 heteroatoms. The predicted molar refractivity (Wildman–Crippen MR) is 205 cm³/mol. The Kier molecular flexibility index (Phi) is 16.0. The third-order valence-corrected chi connectivity index (χ3v) is 12.4. The number of nitrogens with zero attached hydrogens (tertiary/aromatic N) is 5. The van der Waals surface area contributed by atoms with Gasteiger partial charge in [-0.15, -0.1) is 0 Å². The summed E-state index contributed by atoms with van der Waals surface area (Å²) in [5, 5.41) is 0.859. The molecule has 3 aromatic rings. The lowest BCUT2D eigenvalue weighted by Gasteiger charge is -2.33. The van der Waals surface area contributed by atoms with E-state index in [-0.39, 0.29) is 11.7 Å². The van der Waals surface area contributed by atoms with Crippen LogP contribution < -0.4 is 15.5 Å². The molecule has 0 radical (unpaired) electrons. The molecule has 2 aromatic carbocycles. The first-order valence-electron chi connectivity index (χ1n) is 18.4. The van der Waals surface area contributed by atoms with Crippen molar-refractivity contribution in [1.29, 1.82) is 0 Å². The molecule has 0 aliphatic carbocycles. The summed E-state index contributed by atoms with van der Waals surface area (Å²) in [7, 11) is 0.854. The van der Waals surface area contributed by atoms with Crippen molar-refractivity contribution < 1.29 is 8.42 Å². The standard InChI is InChI=1S/C38H60N6O2S2/c1-4-5-6-7-8-9-10-11-12-13-14-15-16-17-30-48(45,46)44-28-26-43(27-29-44)38-40-37(41-47-38)36(33-20-22-34(39)23-21-33)31-32-18-24-35(25-19-32)42(2)3/h18-25,36H,4-17,26-31,39H2,1-3H3. The zero-order valence-electron chi connectivity index (χ0n) is 29.8. The molecule has 1 aliphatic rings. The van der Waals surface area contributed by atoms with Gasteiger partial charge < -0.3 is 15.5 Å². The van der Waals surface area contributed by atoms with E-state index in [4.69, 9.17) is 15.1 Å². The number of hydrogen-bond donors (Lipinski definition) is 1. The topological polar surface area (TPSA) is 95.7 Å². The van der Waals surface area contributed by atoms with Crippen molar-refractivity contribution in [3.05, 3.63) is 65.5 Å². The van der Waals surface area contributed by atoms with Crippen molar-refractivity contribution in [2.24, 2.45) is 0 Å². The zero-order valence-corrected chi connectivity index (χ0v) is 31.4. The number of hydrogen-bond acceptors (Lipinski definition) is 8. The van der Waals surface area contributed by atoms with Gasteiger partial charge in [0.2, 0.25) is 15.2 Å². The van der Waals surface area contributed by atoms with E-state index in [2.05, 4.69) is 53.1 Å².